The highest BCUT2D eigenvalue weighted by Crippen LogP contribution is 2.32. The molecule has 2 amide bonds. The quantitative estimate of drug-likeness (QED) is 0.712. The molecule has 0 radical (unpaired) electrons. The van der Waals surface area contributed by atoms with Gasteiger partial charge in [-0.25, -0.2) is 9.18 Å². The van der Waals surface area contributed by atoms with Gasteiger partial charge in [0.15, 0.2) is 5.82 Å². The molecule has 0 unspecified atom stereocenters. The van der Waals surface area contributed by atoms with Crippen LogP contribution < -0.4 is 11.1 Å². The van der Waals surface area contributed by atoms with E-state index in [9.17, 15) is 22.4 Å². The minimum atomic E-state index is -4.87. The summed E-state index contributed by atoms with van der Waals surface area (Å²) in [5.41, 5.74) is 2.35. The Labute approximate surface area is 81.1 Å². The van der Waals surface area contributed by atoms with E-state index in [1.165, 1.54) is 0 Å². The van der Waals surface area contributed by atoms with Crippen molar-refractivity contribution in [3.63, 3.8) is 0 Å². The zero-order chi connectivity index (χ0) is 11.6. The second-order valence-electron chi connectivity index (χ2n) is 2.54. The highest BCUT2D eigenvalue weighted by Gasteiger charge is 2.35. The summed E-state index contributed by atoms with van der Waals surface area (Å²) < 4.78 is 49.5. The van der Waals surface area contributed by atoms with E-state index in [1.54, 1.807) is 5.32 Å². The molecule has 82 valence electrons. The van der Waals surface area contributed by atoms with Crippen LogP contribution in [0.15, 0.2) is 12.4 Å². The van der Waals surface area contributed by atoms with Crippen molar-refractivity contribution in [3.8, 4) is 0 Å². The summed E-state index contributed by atoms with van der Waals surface area (Å²) in [5.74, 6) is -1.61. The molecule has 0 aliphatic heterocycles. The molecule has 8 heteroatoms. The number of anilines is 1. The number of pyridine rings is 1. The van der Waals surface area contributed by atoms with E-state index in [1.807, 2.05) is 0 Å². The molecule has 0 saturated carbocycles. The standard InChI is InChI=1S/C7H5F4N3O/c8-5-3(7(9,10)11)1-13-2-4(5)14-6(12)15/h1-2H,(H3,12,14,15). The SMILES string of the molecule is NC(=O)Nc1cncc(C(F)(F)F)c1F. The van der Waals surface area contributed by atoms with Crippen LogP contribution in [0.3, 0.4) is 0 Å². The summed E-state index contributed by atoms with van der Waals surface area (Å²) in [7, 11) is 0. The van der Waals surface area contributed by atoms with Gasteiger partial charge in [-0.1, -0.05) is 0 Å². The lowest BCUT2D eigenvalue weighted by Crippen LogP contribution is -2.21. The second-order valence-corrected chi connectivity index (χ2v) is 2.54. The van der Waals surface area contributed by atoms with Crippen molar-refractivity contribution in [2.75, 3.05) is 5.32 Å². The van der Waals surface area contributed by atoms with Crippen molar-refractivity contribution in [2.24, 2.45) is 5.73 Å². The molecule has 0 fully saturated rings. The van der Waals surface area contributed by atoms with Crippen LogP contribution in [0.1, 0.15) is 5.56 Å². The Morgan fingerprint density at radius 1 is 1.40 bits per heavy atom. The summed E-state index contributed by atoms with van der Waals surface area (Å²) >= 11 is 0. The largest absolute Gasteiger partial charge is 0.420 e. The van der Waals surface area contributed by atoms with Crippen LogP contribution in [-0.4, -0.2) is 11.0 Å². The van der Waals surface area contributed by atoms with Gasteiger partial charge in [0.05, 0.1) is 11.9 Å². The van der Waals surface area contributed by atoms with Gasteiger partial charge in [-0.05, 0) is 0 Å². The van der Waals surface area contributed by atoms with Crippen molar-refractivity contribution in [2.45, 2.75) is 6.18 Å². The van der Waals surface area contributed by atoms with Crippen molar-refractivity contribution >= 4 is 11.7 Å². The first-order chi connectivity index (χ1) is 6.82. The fraction of sp³-hybridized carbons (Fsp3) is 0.143. The third-order valence-electron chi connectivity index (χ3n) is 1.44. The maximum atomic E-state index is 13.1. The van der Waals surface area contributed by atoms with Gasteiger partial charge < -0.3 is 11.1 Å². The summed E-state index contributed by atoms with van der Waals surface area (Å²) in [6.07, 6.45) is -3.82. The predicted molar refractivity (Wildman–Crippen MR) is 42.4 cm³/mol. The van der Waals surface area contributed by atoms with Crippen LogP contribution in [0, 0.1) is 5.82 Å². The monoisotopic (exact) mass is 223 g/mol. The summed E-state index contributed by atoms with van der Waals surface area (Å²) in [6.45, 7) is 0. The molecule has 1 aromatic heterocycles. The van der Waals surface area contributed by atoms with E-state index >= 15 is 0 Å². The first-order valence-corrected chi connectivity index (χ1v) is 3.59. The second kappa shape index (κ2) is 3.71. The number of carbonyl (C=O) groups excluding carboxylic acids is 1. The molecule has 0 aliphatic carbocycles. The van der Waals surface area contributed by atoms with Crippen LogP contribution in [-0.2, 0) is 6.18 Å². The van der Waals surface area contributed by atoms with Gasteiger partial charge >= 0.3 is 12.2 Å². The maximum absolute atomic E-state index is 13.1. The Hall–Kier alpha value is -1.86. The van der Waals surface area contributed by atoms with Crippen LogP contribution >= 0.6 is 0 Å². The Bertz CT molecular complexity index is 390. The minimum absolute atomic E-state index is 0.321. The number of alkyl halides is 3. The van der Waals surface area contributed by atoms with Gasteiger partial charge in [0.2, 0.25) is 0 Å². The van der Waals surface area contributed by atoms with Gasteiger partial charge in [-0.2, -0.15) is 13.2 Å². The fourth-order valence-electron chi connectivity index (χ4n) is 0.862. The van der Waals surface area contributed by atoms with Crippen molar-refractivity contribution in [1.82, 2.24) is 4.98 Å². The Balaban J connectivity index is 3.17. The Morgan fingerprint density at radius 3 is 2.47 bits per heavy atom. The molecule has 0 saturated heterocycles. The molecule has 3 N–H and O–H groups in total. The van der Waals surface area contributed by atoms with E-state index < -0.39 is 29.3 Å². The van der Waals surface area contributed by atoms with Crippen molar-refractivity contribution in [3.05, 3.63) is 23.8 Å². The maximum Gasteiger partial charge on any atom is 0.420 e. The number of primary amides is 1. The third-order valence-corrected chi connectivity index (χ3v) is 1.44. The molecule has 0 aliphatic rings. The van der Waals surface area contributed by atoms with Crippen LogP contribution in [0.5, 0.6) is 0 Å². The number of amides is 2. The van der Waals surface area contributed by atoms with Gasteiger partial charge in [-0.3, -0.25) is 4.98 Å². The summed E-state index contributed by atoms with van der Waals surface area (Å²) in [4.78, 5) is 13.5. The number of nitrogens with two attached hydrogens (primary N) is 1. The molecule has 1 heterocycles. The molecule has 0 atom stereocenters. The lowest BCUT2D eigenvalue weighted by molar-refractivity contribution is -0.140. The van der Waals surface area contributed by atoms with Gasteiger partial charge in [-0.15, -0.1) is 0 Å². The highest BCUT2D eigenvalue weighted by molar-refractivity contribution is 5.87. The predicted octanol–water partition coefficient (Wildman–Crippen LogP) is 1.73. The molecule has 15 heavy (non-hydrogen) atoms. The molecule has 4 nitrogen and oxygen atoms in total. The molecule has 1 aromatic rings. The van der Waals surface area contributed by atoms with Gasteiger partial charge in [0.25, 0.3) is 0 Å². The van der Waals surface area contributed by atoms with Crippen molar-refractivity contribution in [1.29, 1.82) is 0 Å². The number of carbonyl (C=O) groups is 1. The highest BCUT2D eigenvalue weighted by atomic mass is 19.4. The average Bonchev–Trinajstić information content (AvgIpc) is 2.05. The van der Waals surface area contributed by atoms with Crippen LogP contribution in [0.2, 0.25) is 0 Å². The molecule has 0 aromatic carbocycles. The number of urea groups is 1. The summed E-state index contributed by atoms with van der Waals surface area (Å²) in [6, 6.07) is -1.17. The van der Waals surface area contributed by atoms with E-state index in [0.29, 0.717) is 6.20 Å². The molecule has 0 bridgehead atoms. The number of rotatable bonds is 1. The third kappa shape index (κ3) is 2.55. The first kappa shape index (κ1) is 11.2. The van der Waals surface area contributed by atoms with E-state index in [4.69, 9.17) is 0 Å². The number of aromatic nitrogens is 1. The minimum Gasteiger partial charge on any atom is -0.351 e. The number of halogens is 4. The normalized spacial score (nSPS) is 11.2. The average molecular weight is 223 g/mol. The number of nitrogens with zero attached hydrogens (tertiary/aromatic N) is 1. The lowest BCUT2D eigenvalue weighted by Gasteiger charge is -2.09. The van der Waals surface area contributed by atoms with Crippen LogP contribution in [0.25, 0.3) is 0 Å². The zero-order valence-corrected chi connectivity index (χ0v) is 7.10. The van der Waals surface area contributed by atoms with Crippen LogP contribution in [0.4, 0.5) is 28.0 Å². The molecular formula is C7H5F4N3O. The number of hydrogen-bond donors (Lipinski definition) is 2. The zero-order valence-electron chi connectivity index (χ0n) is 7.10. The fourth-order valence-corrected chi connectivity index (χ4v) is 0.862. The molecule has 0 spiro atoms. The van der Waals surface area contributed by atoms with Crippen molar-refractivity contribution < 1.29 is 22.4 Å². The van der Waals surface area contributed by atoms with Gasteiger partial charge in [0.1, 0.15) is 5.56 Å². The Morgan fingerprint density at radius 2 is 2.00 bits per heavy atom. The van der Waals surface area contributed by atoms with E-state index in [-0.39, 0.29) is 0 Å². The smallest absolute Gasteiger partial charge is 0.351 e. The molecular weight excluding hydrogens is 218 g/mol. The number of hydrogen-bond acceptors (Lipinski definition) is 2. The topological polar surface area (TPSA) is 68.0 Å². The van der Waals surface area contributed by atoms with E-state index in [0.717, 1.165) is 6.20 Å². The lowest BCUT2D eigenvalue weighted by atomic mass is 10.2. The summed E-state index contributed by atoms with van der Waals surface area (Å²) in [5, 5.41) is 1.69. The number of nitrogens with one attached hydrogen (secondary N) is 1. The first-order valence-electron chi connectivity index (χ1n) is 3.59. The van der Waals surface area contributed by atoms with Gasteiger partial charge in [0, 0.05) is 6.20 Å². The molecule has 1 rings (SSSR count). The van der Waals surface area contributed by atoms with E-state index in [2.05, 4.69) is 10.7 Å². The Kier molecular flexibility index (Phi) is 2.78.